The van der Waals surface area contributed by atoms with Crippen molar-refractivity contribution in [2.45, 2.75) is 33.2 Å². The summed E-state index contributed by atoms with van der Waals surface area (Å²) < 4.78 is 2.05. The Morgan fingerprint density at radius 2 is 1.83 bits per heavy atom. The molecule has 1 aliphatic heterocycles. The molecule has 0 aliphatic carbocycles. The number of fused-ring (bicyclic) bond motifs is 5. The van der Waals surface area contributed by atoms with E-state index in [4.69, 9.17) is 9.97 Å². The van der Waals surface area contributed by atoms with Gasteiger partial charge < -0.3 is 4.90 Å². The van der Waals surface area contributed by atoms with Crippen molar-refractivity contribution in [2.75, 3.05) is 31.1 Å². The second-order valence-electron chi connectivity index (χ2n) is 8.42. The van der Waals surface area contributed by atoms with Gasteiger partial charge in [-0.25, -0.2) is 9.97 Å². The van der Waals surface area contributed by atoms with Crippen LogP contribution in [0.4, 0.5) is 5.69 Å². The minimum absolute atomic E-state index is 0.558. The van der Waals surface area contributed by atoms with Crippen molar-refractivity contribution in [1.82, 2.24) is 19.3 Å². The Morgan fingerprint density at radius 3 is 2.63 bits per heavy atom. The minimum Gasteiger partial charge on any atom is -0.370 e. The summed E-state index contributed by atoms with van der Waals surface area (Å²) in [6.07, 6.45) is 1.13. The number of para-hydroxylation sites is 2. The first-order chi connectivity index (χ1) is 14.6. The molecule has 4 heterocycles. The molecule has 0 bridgehead atoms. The van der Waals surface area contributed by atoms with Crippen LogP contribution in [0.1, 0.15) is 31.5 Å². The zero-order chi connectivity index (χ0) is 20.8. The molecule has 6 nitrogen and oxygen atoms in total. The standard InChI is InChI=1S/C24H26N6/c1-16(2)28-9-6-10-29(12-11-28)22-13-17(3)26-24-19(22)14-18(15-25)23-27-20-7-4-5-8-21(20)30(23)24/h4-5,7-8,13-14,16H,6,9-12H2,1-3H3. The van der Waals surface area contributed by atoms with Gasteiger partial charge in [0.2, 0.25) is 0 Å². The van der Waals surface area contributed by atoms with E-state index in [0.29, 0.717) is 17.3 Å². The van der Waals surface area contributed by atoms with Crippen molar-refractivity contribution >= 4 is 33.4 Å². The number of aryl methyl sites for hydroxylation is 1. The Kier molecular flexibility index (Phi) is 4.56. The van der Waals surface area contributed by atoms with Gasteiger partial charge in [0, 0.05) is 49.0 Å². The van der Waals surface area contributed by atoms with Gasteiger partial charge in [-0.05, 0) is 51.5 Å². The molecule has 0 radical (unpaired) electrons. The monoisotopic (exact) mass is 398 g/mol. The smallest absolute Gasteiger partial charge is 0.157 e. The number of rotatable bonds is 2. The zero-order valence-electron chi connectivity index (χ0n) is 17.8. The van der Waals surface area contributed by atoms with Crippen LogP contribution in [0.5, 0.6) is 0 Å². The lowest BCUT2D eigenvalue weighted by atomic mass is 10.1. The molecule has 4 aromatic rings. The van der Waals surface area contributed by atoms with Crippen LogP contribution in [-0.4, -0.2) is 51.5 Å². The Bertz CT molecular complexity index is 1300. The first-order valence-corrected chi connectivity index (χ1v) is 10.7. The largest absolute Gasteiger partial charge is 0.370 e. The van der Waals surface area contributed by atoms with E-state index in [1.165, 1.54) is 5.69 Å². The summed E-state index contributed by atoms with van der Waals surface area (Å²) >= 11 is 0. The first kappa shape index (κ1) is 18.8. The molecule has 1 aromatic carbocycles. The highest BCUT2D eigenvalue weighted by molar-refractivity contribution is 5.97. The molecule has 0 unspecified atom stereocenters. The summed E-state index contributed by atoms with van der Waals surface area (Å²) in [7, 11) is 0. The summed E-state index contributed by atoms with van der Waals surface area (Å²) in [5, 5.41) is 10.9. The van der Waals surface area contributed by atoms with Crippen LogP contribution in [0.25, 0.3) is 27.7 Å². The third-order valence-electron chi connectivity index (χ3n) is 6.17. The molecule has 152 valence electrons. The number of aromatic nitrogens is 3. The number of hydrogen-bond acceptors (Lipinski definition) is 5. The van der Waals surface area contributed by atoms with E-state index in [0.717, 1.165) is 60.4 Å². The summed E-state index contributed by atoms with van der Waals surface area (Å²) in [5.74, 6) is 0. The van der Waals surface area contributed by atoms with Crippen LogP contribution in [0.15, 0.2) is 36.4 Å². The van der Waals surface area contributed by atoms with Gasteiger partial charge in [0.15, 0.2) is 5.65 Å². The molecule has 0 spiro atoms. The van der Waals surface area contributed by atoms with Crippen molar-refractivity contribution in [1.29, 1.82) is 5.26 Å². The maximum atomic E-state index is 9.87. The Hall–Kier alpha value is -3.17. The topological polar surface area (TPSA) is 60.5 Å². The number of nitrogens with zero attached hydrogens (tertiary/aromatic N) is 6. The van der Waals surface area contributed by atoms with Crippen molar-refractivity contribution in [3.05, 3.63) is 47.7 Å². The van der Waals surface area contributed by atoms with Gasteiger partial charge >= 0.3 is 0 Å². The second-order valence-corrected chi connectivity index (χ2v) is 8.42. The van der Waals surface area contributed by atoms with Gasteiger partial charge in [-0.2, -0.15) is 5.26 Å². The molecular formula is C24H26N6. The van der Waals surface area contributed by atoms with Crippen LogP contribution >= 0.6 is 0 Å². The third-order valence-corrected chi connectivity index (χ3v) is 6.17. The van der Waals surface area contributed by atoms with Gasteiger partial charge in [0.1, 0.15) is 11.7 Å². The zero-order valence-corrected chi connectivity index (χ0v) is 17.8. The van der Waals surface area contributed by atoms with Crippen molar-refractivity contribution in [3.8, 4) is 6.07 Å². The molecule has 3 aromatic heterocycles. The molecule has 0 amide bonds. The van der Waals surface area contributed by atoms with Crippen LogP contribution < -0.4 is 4.90 Å². The summed E-state index contributed by atoms with van der Waals surface area (Å²) in [6, 6.07) is 15.1. The van der Waals surface area contributed by atoms with Gasteiger partial charge in [-0.1, -0.05) is 12.1 Å². The molecule has 1 fully saturated rings. The lowest BCUT2D eigenvalue weighted by molar-refractivity contribution is 0.238. The maximum absolute atomic E-state index is 9.87. The SMILES string of the molecule is Cc1cc(N2CCCN(C(C)C)CC2)c2cc(C#N)c3nc4ccccc4n3c2n1. The van der Waals surface area contributed by atoms with Gasteiger partial charge in [0.05, 0.1) is 16.6 Å². The van der Waals surface area contributed by atoms with E-state index >= 15 is 0 Å². The second kappa shape index (κ2) is 7.26. The summed E-state index contributed by atoms with van der Waals surface area (Å²) in [6.45, 7) is 10.7. The highest BCUT2D eigenvalue weighted by Crippen LogP contribution is 2.32. The molecule has 6 heteroatoms. The number of imidazole rings is 1. The Labute approximate surface area is 176 Å². The number of benzene rings is 1. The first-order valence-electron chi connectivity index (χ1n) is 10.7. The van der Waals surface area contributed by atoms with E-state index in [2.05, 4.69) is 40.2 Å². The third kappa shape index (κ3) is 2.98. The lowest BCUT2D eigenvalue weighted by Gasteiger charge is -2.27. The molecule has 30 heavy (non-hydrogen) atoms. The molecule has 1 saturated heterocycles. The average Bonchev–Trinajstić information content (AvgIpc) is 2.95. The molecule has 0 N–H and O–H groups in total. The number of hydrogen-bond donors (Lipinski definition) is 0. The molecule has 0 atom stereocenters. The highest BCUT2D eigenvalue weighted by Gasteiger charge is 2.21. The number of nitriles is 1. The normalized spacial score (nSPS) is 15.9. The Morgan fingerprint density at radius 1 is 1.00 bits per heavy atom. The van der Waals surface area contributed by atoms with Gasteiger partial charge in [-0.3, -0.25) is 9.30 Å². The van der Waals surface area contributed by atoms with Gasteiger partial charge in [-0.15, -0.1) is 0 Å². The fourth-order valence-electron chi connectivity index (χ4n) is 4.63. The van der Waals surface area contributed by atoms with E-state index in [1.54, 1.807) is 0 Å². The predicted molar refractivity (Wildman–Crippen MR) is 121 cm³/mol. The Balaban J connectivity index is 1.76. The van der Waals surface area contributed by atoms with Crippen molar-refractivity contribution < 1.29 is 0 Å². The lowest BCUT2D eigenvalue weighted by Crippen LogP contribution is -2.35. The molecular weight excluding hydrogens is 372 g/mol. The van der Waals surface area contributed by atoms with E-state index < -0.39 is 0 Å². The van der Waals surface area contributed by atoms with E-state index in [-0.39, 0.29) is 0 Å². The molecule has 1 aliphatic rings. The number of anilines is 1. The summed E-state index contributed by atoms with van der Waals surface area (Å²) in [5.41, 5.74) is 6.15. The summed E-state index contributed by atoms with van der Waals surface area (Å²) in [4.78, 5) is 14.6. The fourth-order valence-corrected chi connectivity index (χ4v) is 4.63. The number of pyridine rings is 2. The van der Waals surface area contributed by atoms with Crippen LogP contribution in [0, 0.1) is 18.3 Å². The van der Waals surface area contributed by atoms with E-state index in [1.807, 2.05) is 37.3 Å². The quantitative estimate of drug-likeness (QED) is 0.508. The molecule has 5 rings (SSSR count). The highest BCUT2D eigenvalue weighted by atomic mass is 15.2. The van der Waals surface area contributed by atoms with Crippen LogP contribution in [-0.2, 0) is 0 Å². The maximum Gasteiger partial charge on any atom is 0.157 e. The van der Waals surface area contributed by atoms with Gasteiger partial charge in [0.25, 0.3) is 0 Å². The van der Waals surface area contributed by atoms with Crippen molar-refractivity contribution in [3.63, 3.8) is 0 Å². The predicted octanol–water partition coefficient (Wildman–Crippen LogP) is 4.14. The van der Waals surface area contributed by atoms with Crippen LogP contribution in [0.2, 0.25) is 0 Å². The van der Waals surface area contributed by atoms with Crippen LogP contribution in [0.3, 0.4) is 0 Å². The minimum atomic E-state index is 0.558. The fraction of sp³-hybridized carbons (Fsp3) is 0.375. The van der Waals surface area contributed by atoms with E-state index in [9.17, 15) is 5.26 Å². The van der Waals surface area contributed by atoms with Crippen molar-refractivity contribution in [2.24, 2.45) is 0 Å². The average molecular weight is 399 g/mol. The molecule has 0 saturated carbocycles.